The zero-order valence-electron chi connectivity index (χ0n) is 20.9. The van der Waals surface area contributed by atoms with Crippen molar-refractivity contribution in [2.24, 2.45) is 0 Å². The number of rotatable bonds is 2. The van der Waals surface area contributed by atoms with Crippen molar-refractivity contribution in [3.05, 3.63) is 127 Å². The average molecular weight is 500 g/mol. The molecular formula is C36H21NO2. The lowest BCUT2D eigenvalue weighted by molar-refractivity contribution is 0.669. The van der Waals surface area contributed by atoms with Crippen molar-refractivity contribution < 1.29 is 8.83 Å². The Labute approximate surface area is 223 Å². The Kier molecular flexibility index (Phi) is 4.05. The molecule has 0 unspecified atom stereocenters. The molecule has 0 bridgehead atoms. The minimum atomic E-state index is 0.895. The molecule has 0 fully saturated rings. The van der Waals surface area contributed by atoms with E-state index in [0.717, 1.165) is 66.2 Å². The Morgan fingerprint density at radius 3 is 1.92 bits per heavy atom. The molecule has 39 heavy (non-hydrogen) atoms. The van der Waals surface area contributed by atoms with E-state index in [2.05, 4.69) is 114 Å². The fourth-order valence-electron chi connectivity index (χ4n) is 6.30. The molecule has 0 amide bonds. The van der Waals surface area contributed by atoms with Crippen molar-refractivity contribution in [3.8, 4) is 16.8 Å². The van der Waals surface area contributed by atoms with Crippen LogP contribution in [0.2, 0.25) is 0 Å². The number of nitrogens with zero attached hydrogens (tertiary/aromatic N) is 1. The van der Waals surface area contributed by atoms with Crippen molar-refractivity contribution in [2.75, 3.05) is 0 Å². The number of para-hydroxylation sites is 4. The number of aromatic nitrogens is 1. The molecule has 0 saturated carbocycles. The lowest BCUT2D eigenvalue weighted by Gasteiger charge is -2.10. The van der Waals surface area contributed by atoms with E-state index in [1.54, 1.807) is 0 Å². The number of fused-ring (bicyclic) bond motifs is 10. The van der Waals surface area contributed by atoms with E-state index in [1.165, 1.54) is 16.3 Å². The van der Waals surface area contributed by atoms with Crippen molar-refractivity contribution in [1.29, 1.82) is 0 Å². The van der Waals surface area contributed by atoms with Crippen LogP contribution in [0.1, 0.15) is 0 Å². The van der Waals surface area contributed by atoms with Gasteiger partial charge in [0, 0.05) is 38.0 Å². The summed E-state index contributed by atoms with van der Waals surface area (Å²) in [6, 6.07) is 44.7. The number of benzene rings is 6. The van der Waals surface area contributed by atoms with Crippen LogP contribution in [0.4, 0.5) is 0 Å². The maximum atomic E-state index is 6.63. The largest absolute Gasteiger partial charge is 0.456 e. The third-order valence-corrected chi connectivity index (χ3v) is 7.98. The Hall–Kier alpha value is -5.28. The smallest absolute Gasteiger partial charge is 0.160 e. The molecule has 0 saturated heterocycles. The van der Waals surface area contributed by atoms with E-state index in [9.17, 15) is 0 Å². The van der Waals surface area contributed by atoms with Crippen LogP contribution in [0.5, 0.6) is 0 Å². The van der Waals surface area contributed by atoms with Gasteiger partial charge in [-0.05, 0) is 59.7 Å². The molecule has 0 radical (unpaired) electrons. The maximum Gasteiger partial charge on any atom is 0.160 e. The predicted molar refractivity (Wildman–Crippen MR) is 161 cm³/mol. The molecule has 3 nitrogen and oxygen atoms in total. The third kappa shape index (κ3) is 2.82. The summed E-state index contributed by atoms with van der Waals surface area (Å²) < 4.78 is 15.1. The molecule has 0 spiro atoms. The zero-order chi connectivity index (χ0) is 25.5. The molecule has 6 aromatic carbocycles. The first kappa shape index (κ1) is 20.7. The summed E-state index contributed by atoms with van der Waals surface area (Å²) in [6.45, 7) is 0. The highest BCUT2D eigenvalue weighted by atomic mass is 16.3. The van der Waals surface area contributed by atoms with Crippen LogP contribution in [-0.4, -0.2) is 4.57 Å². The molecular weight excluding hydrogens is 478 g/mol. The quantitative estimate of drug-likeness (QED) is 0.237. The highest BCUT2D eigenvalue weighted by molar-refractivity contribution is 6.26. The second-order valence-corrected chi connectivity index (χ2v) is 10.1. The van der Waals surface area contributed by atoms with Gasteiger partial charge in [-0.3, -0.25) is 0 Å². The van der Waals surface area contributed by atoms with Crippen LogP contribution in [0.15, 0.2) is 136 Å². The number of hydrogen-bond acceptors (Lipinski definition) is 2. The minimum Gasteiger partial charge on any atom is -0.456 e. The van der Waals surface area contributed by atoms with Crippen LogP contribution in [0.3, 0.4) is 0 Å². The van der Waals surface area contributed by atoms with Gasteiger partial charge in [-0.25, -0.2) is 0 Å². The van der Waals surface area contributed by atoms with Gasteiger partial charge < -0.3 is 13.4 Å². The van der Waals surface area contributed by atoms with Crippen LogP contribution >= 0.6 is 0 Å². The average Bonchev–Trinajstić information content (AvgIpc) is 3.66. The minimum absolute atomic E-state index is 0.895. The molecule has 0 aliphatic carbocycles. The van der Waals surface area contributed by atoms with Crippen molar-refractivity contribution in [1.82, 2.24) is 4.57 Å². The van der Waals surface area contributed by atoms with Crippen molar-refractivity contribution in [2.45, 2.75) is 0 Å². The van der Waals surface area contributed by atoms with Crippen molar-refractivity contribution in [3.63, 3.8) is 0 Å². The van der Waals surface area contributed by atoms with Gasteiger partial charge in [-0.1, -0.05) is 78.9 Å². The fraction of sp³-hybridized carbons (Fsp3) is 0. The normalized spacial score (nSPS) is 12.1. The Bertz CT molecular complexity index is 2390. The van der Waals surface area contributed by atoms with Gasteiger partial charge >= 0.3 is 0 Å². The molecule has 3 aromatic heterocycles. The highest BCUT2D eigenvalue weighted by Crippen LogP contribution is 2.46. The predicted octanol–water partition coefficient (Wildman–Crippen LogP) is 10.2. The van der Waals surface area contributed by atoms with Crippen LogP contribution < -0.4 is 0 Å². The standard InChI is InChI=1S/C36H21NO2/c1-2-10-23(11-3-1)37-30-15-7-4-14-26(30)34-27(21-29-25-13-6-9-17-32(25)39-36(29)35(34)37)22-18-19-33-28(20-22)24-12-5-8-16-31(24)38-33/h1-21H. The molecule has 0 atom stereocenters. The van der Waals surface area contributed by atoms with E-state index in [-0.39, 0.29) is 0 Å². The van der Waals surface area contributed by atoms with Crippen molar-refractivity contribution >= 4 is 65.7 Å². The molecule has 9 aromatic rings. The monoisotopic (exact) mass is 499 g/mol. The SMILES string of the molecule is c1ccc(-n2c3ccccc3c3c(-c4ccc5oc6ccccc6c5c4)cc4c5ccccc5oc4c32)cc1. The number of hydrogen-bond donors (Lipinski definition) is 0. The van der Waals surface area contributed by atoms with Gasteiger partial charge in [0.2, 0.25) is 0 Å². The van der Waals surface area contributed by atoms with E-state index >= 15 is 0 Å². The Morgan fingerprint density at radius 2 is 1.10 bits per heavy atom. The molecule has 0 aliphatic heterocycles. The van der Waals surface area contributed by atoms with Gasteiger partial charge in [-0.15, -0.1) is 0 Å². The van der Waals surface area contributed by atoms with Gasteiger partial charge in [0.25, 0.3) is 0 Å². The summed E-state index contributed by atoms with van der Waals surface area (Å²) in [7, 11) is 0. The van der Waals surface area contributed by atoms with Crippen LogP contribution in [-0.2, 0) is 0 Å². The first-order chi connectivity index (χ1) is 19.3. The Balaban J connectivity index is 1.51. The van der Waals surface area contributed by atoms with E-state index in [0.29, 0.717) is 0 Å². The van der Waals surface area contributed by atoms with Gasteiger partial charge in [0.15, 0.2) is 5.58 Å². The van der Waals surface area contributed by atoms with E-state index in [1.807, 2.05) is 18.2 Å². The Morgan fingerprint density at radius 1 is 0.462 bits per heavy atom. The molecule has 0 N–H and O–H groups in total. The second-order valence-electron chi connectivity index (χ2n) is 10.1. The fourth-order valence-corrected chi connectivity index (χ4v) is 6.30. The molecule has 0 aliphatic rings. The van der Waals surface area contributed by atoms with Gasteiger partial charge in [0.1, 0.15) is 16.7 Å². The van der Waals surface area contributed by atoms with Crippen LogP contribution in [0.25, 0.3) is 82.5 Å². The topological polar surface area (TPSA) is 31.2 Å². The lowest BCUT2D eigenvalue weighted by atomic mass is 9.95. The second kappa shape index (κ2) is 7.62. The van der Waals surface area contributed by atoms with E-state index in [4.69, 9.17) is 8.83 Å². The summed E-state index contributed by atoms with van der Waals surface area (Å²) in [5.74, 6) is 0. The van der Waals surface area contributed by atoms with Crippen LogP contribution in [0, 0.1) is 0 Å². The highest BCUT2D eigenvalue weighted by Gasteiger charge is 2.23. The first-order valence-electron chi connectivity index (χ1n) is 13.2. The summed E-state index contributed by atoms with van der Waals surface area (Å²) in [5.41, 5.74) is 9.30. The van der Waals surface area contributed by atoms with Gasteiger partial charge in [0.05, 0.1) is 11.0 Å². The third-order valence-electron chi connectivity index (χ3n) is 7.98. The first-order valence-corrected chi connectivity index (χ1v) is 13.2. The number of furan rings is 2. The molecule has 9 rings (SSSR count). The molecule has 3 heteroatoms. The zero-order valence-corrected chi connectivity index (χ0v) is 20.9. The summed E-state index contributed by atoms with van der Waals surface area (Å²) in [4.78, 5) is 0. The molecule has 182 valence electrons. The summed E-state index contributed by atoms with van der Waals surface area (Å²) in [6.07, 6.45) is 0. The maximum absolute atomic E-state index is 6.63. The summed E-state index contributed by atoms with van der Waals surface area (Å²) >= 11 is 0. The summed E-state index contributed by atoms with van der Waals surface area (Å²) in [5, 5.41) is 6.88. The van der Waals surface area contributed by atoms with E-state index < -0.39 is 0 Å². The van der Waals surface area contributed by atoms with Gasteiger partial charge in [-0.2, -0.15) is 0 Å². The lowest BCUT2D eigenvalue weighted by Crippen LogP contribution is -1.93. The molecule has 3 heterocycles.